The van der Waals surface area contributed by atoms with Crippen LogP contribution < -0.4 is 5.32 Å². The minimum Gasteiger partial charge on any atom is -0.461 e. The molecule has 69 heavy (non-hydrogen) atoms. The van der Waals surface area contributed by atoms with Crippen LogP contribution in [0.3, 0.4) is 0 Å². The van der Waals surface area contributed by atoms with Crippen LogP contribution in [0.25, 0.3) is 0 Å². The number of nitrogens with zero attached hydrogens (tertiary/aromatic N) is 6. The van der Waals surface area contributed by atoms with Crippen molar-refractivity contribution in [2.45, 2.75) is 231 Å². The number of hydrogen-bond donors (Lipinski definition) is 1. The molecule has 4 aliphatic heterocycles. The van der Waals surface area contributed by atoms with Gasteiger partial charge in [0.2, 0.25) is 11.8 Å². The van der Waals surface area contributed by atoms with Gasteiger partial charge in [-0.05, 0) is 139 Å². The van der Waals surface area contributed by atoms with Gasteiger partial charge in [-0.25, -0.2) is 0 Å². The third kappa shape index (κ3) is 14.9. The zero-order chi connectivity index (χ0) is 52.7. The van der Waals surface area contributed by atoms with Gasteiger partial charge in [-0.2, -0.15) is 0 Å². The molecule has 4 aliphatic rings. The fourth-order valence-electron chi connectivity index (χ4n) is 11.9. The third-order valence-corrected chi connectivity index (χ3v) is 16.8. The van der Waals surface area contributed by atoms with E-state index in [2.05, 4.69) is 164 Å². The minimum absolute atomic E-state index is 0.263. The van der Waals surface area contributed by atoms with E-state index in [0.29, 0.717) is 51.4 Å². The van der Waals surface area contributed by atoms with Crippen LogP contribution >= 0.6 is 0 Å². The number of nitrogens with one attached hydrogen (secondary N) is 1. The molecule has 0 saturated carbocycles. The Morgan fingerprint density at radius 3 is 0.681 bits per heavy atom. The second kappa shape index (κ2) is 21.0. The summed E-state index contributed by atoms with van der Waals surface area (Å²) in [5.41, 5.74) is -2.10. The van der Waals surface area contributed by atoms with Gasteiger partial charge in [0, 0.05) is 95.7 Å². The zero-order valence-electron chi connectivity index (χ0n) is 46.5. The number of hydrogen-bond acceptors (Lipinski definition) is 15. The normalized spacial score (nSPS) is 25.0. The Balaban J connectivity index is 1.49. The molecule has 0 aromatic heterocycles. The summed E-state index contributed by atoms with van der Waals surface area (Å²) in [5, 5.41) is 2.86. The first-order valence-electron chi connectivity index (χ1n) is 25.2. The number of piperidine rings is 4. The number of esters is 4. The zero-order valence-corrected chi connectivity index (χ0v) is 46.5. The highest BCUT2D eigenvalue weighted by atomic mass is 16.6. The average molecular weight is 976 g/mol. The first-order valence-corrected chi connectivity index (χ1v) is 25.2. The number of likely N-dealkylation sites (tertiary alicyclic amines) is 4. The summed E-state index contributed by atoms with van der Waals surface area (Å²) in [4.78, 5) is 94.1. The summed E-state index contributed by atoms with van der Waals surface area (Å²) in [7, 11) is 8.22. The Labute approximate surface area is 415 Å². The highest BCUT2D eigenvalue weighted by molar-refractivity contribution is 5.89. The lowest BCUT2D eigenvalue weighted by Gasteiger charge is -2.53. The second-order valence-electron chi connectivity index (χ2n) is 25.9. The van der Waals surface area contributed by atoms with Crippen molar-refractivity contribution >= 4 is 35.7 Å². The highest BCUT2D eigenvalue weighted by Gasteiger charge is 2.48. The molecular weight excluding hydrogens is 883 g/mol. The molecule has 2 amide bonds. The molecule has 0 aromatic rings. The standard InChI is InChI=1S/C52H93N7O10/c1-45(2)21-35(22-46(3,4)54(45)17)66-41(62)31-58(32-42(63)67-36-23-47(5,6)55(18)48(7,8)24-36)39(60)29-53-30-40(61)59(33-43(64)68-37-25-49(9,10)56(19)50(11,12)26-37)34-44(65)69-38-27-51(13,14)57(20)52(15,16)28-38/h35-38,53H,21-34H2,1-20H3. The number of carbonyl (C=O) groups is 6. The number of carbonyl (C=O) groups excluding carboxylic acids is 6. The van der Waals surface area contributed by atoms with Gasteiger partial charge < -0.3 is 28.7 Å². The third-order valence-electron chi connectivity index (χ3n) is 16.8. The van der Waals surface area contributed by atoms with Crippen LogP contribution in [-0.4, -0.2) is 201 Å². The lowest BCUT2D eigenvalue weighted by molar-refractivity contribution is -0.167. The molecule has 0 atom stereocenters. The van der Waals surface area contributed by atoms with Crippen LogP contribution in [0.1, 0.15) is 162 Å². The average Bonchev–Trinajstić information content (AvgIpc) is 3.15. The van der Waals surface area contributed by atoms with Crippen molar-refractivity contribution in [1.82, 2.24) is 34.7 Å². The molecular formula is C52H93N7O10. The summed E-state index contributed by atoms with van der Waals surface area (Å²) in [5.74, 6) is -3.93. The first kappa shape index (κ1) is 58.2. The van der Waals surface area contributed by atoms with E-state index in [9.17, 15) is 28.8 Å². The summed E-state index contributed by atoms with van der Waals surface area (Å²) in [6.45, 7) is 30.6. The predicted octanol–water partition coefficient (Wildman–Crippen LogP) is 5.01. The molecule has 4 saturated heterocycles. The maximum atomic E-state index is 14.1. The van der Waals surface area contributed by atoms with E-state index in [4.69, 9.17) is 18.9 Å². The molecule has 17 heteroatoms. The van der Waals surface area contributed by atoms with E-state index in [1.165, 1.54) is 0 Å². The predicted molar refractivity (Wildman–Crippen MR) is 266 cm³/mol. The molecule has 0 spiro atoms. The summed E-state index contributed by atoms with van der Waals surface area (Å²) in [6, 6.07) is 0. The summed E-state index contributed by atoms with van der Waals surface area (Å²) < 4.78 is 24.0. The van der Waals surface area contributed by atoms with Gasteiger partial charge in [-0.1, -0.05) is 0 Å². The van der Waals surface area contributed by atoms with Gasteiger partial charge >= 0.3 is 23.9 Å². The Hall–Kier alpha value is -3.38. The largest absolute Gasteiger partial charge is 0.461 e. The monoisotopic (exact) mass is 976 g/mol. The smallest absolute Gasteiger partial charge is 0.325 e. The molecule has 0 unspecified atom stereocenters. The van der Waals surface area contributed by atoms with Crippen LogP contribution in [0, 0.1) is 0 Å². The van der Waals surface area contributed by atoms with Crippen molar-refractivity contribution in [2.75, 3.05) is 67.5 Å². The quantitative estimate of drug-likeness (QED) is 0.162. The van der Waals surface area contributed by atoms with Gasteiger partial charge in [-0.3, -0.25) is 53.7 Å². The SMILES string of the molecule is CN1C(C)(C)CC(OC(=O)CN(CC(=O)OC2CC(C)(C)N(C)C(C)(C)C2)C(=O)CNCC(=O)N(CC(=O)OC2CC(C)(C)N(C)C(C)(C)C2)CC(=O)OC2CC(C)(C)N(C)C(C)(C)C2)CC1(C)C. The van der Waals surface area contributed by atoms with Gasteiger partial charge in [0.1, 0.15) is 50.6 Å². The molecule has 0 aliphatic carbocycles. The molecule has 0 radical (unpaired) electrons. The molecule has 1 N–H and O–H groups in total. The van der Waals surface area contributed by atoms with E-state index >= 15 is 0 Å². The lowest BCUT2D eigenvalue weighted by Crippen LogP contribution is -2.60. The van der Waals surface area contributed by atoms with Crippen LogP contribution in [0.5, 0.6) is 0 Å². The Bertz CT molecular complexity index is 1570. The summed E-state index contributed by atoms with van der Waals surface area (Å²) in [6.07, 6.45) is 3.00. The van der Waals surface area contributed by atoms with Crippen LogP contribution in [-0.2, 0) is 47.7 Å². The number of rotatable bonds is 16. The van der Waals surface area contributed by atoms with Crippen molar-refractivity contribution in [3.05, 3.63) is 0 Å². The number of ether oxygens (including phenoxy) is 4. The fourth-order valence-corrected chi connectivity index (χ4v) is 11.9. The second-order valence-corrected chi connectivity index (χ2v) is 25.9. The minimum atomic E-state index is -0.661. The molecule has 4 rings (SSSR count). The van der Waals surface area contributed by atoms with Crippen molar-refractivity contribution in [2.24, 2.45) is 0 Å². The molecule has 396 valence electrons. The van der Waals surface area contributed by atoms with Gasteiger partial charge in [0.15, 0.2) is 0 Å². The van der Waals surface area contributed by atoms with Crippen molar-refractivity contribution in [3.8, 4) is 0 Å². The van der Waals surface area contributed by atoms with E-state index in [0.717, 1.165) is 9.80 Å². The molecule has 17 nitrogen and oxygen atoms in total. The van der Waals surface area contributed by atoms with Gasteiger partial charge in [0.05, 0.1) is 13.1 Å². The maximum Gasteiger partial charge on any atom is 0.325 e. The van der Waals surface area contributed by atoms with Crippen LogP contribution in [0.4, 0.5) is 0 Å². The van der Waals surface area contributed by atoms with Crippen molar-refractivity contribution in [3.63, 3.8) is 0 Å². The Morgan fingerprint density at radius 1 is 0.362 bits per heavy atom. The van der Waals surface area contributed by atoms with E-state index in [1.54, 1.807) is 0 Å². The highest BCUT2D eigenvalue weighted by Crippen LogP contribution is 2.41. The van der Waals surface area contributed by atoms with Crippen molar-refractivity contribution in [1.29, 1.82) is 0 Å². The van der Waals surface area contributed by atoms with E-state index < -0.39 is 99.4 Å². The van der Waals surface area contributed by atoms with Crippen LogP contribution in [0.15, 0.2) is 0 Å². The fraction of sp³-hybridized carbons (Fsp3) is 0.885. The molecule has 4 fully saturated rings. The van der Waals surface area contributed by atoms with Gasteiger partial charge in [-0.15, -0.1) is 0 Å². The lowest BCUT2D eigenvalue weighted by atomic mass is 9.78. The van der Waals surface area contributed by atoms with Crippen molar-refractivity contribution < 1.29 is 47.7 Å². The van der Waals surface area contributed by atoms with E-state index in [-0.39, 0.29) is 44.3 Å². The topological polar surface area (TPSA) is 171 Å². The summed E-state index contributed by atoms with van der Waals surface area (Å²) >= 11 is 0. The Morgan fingerprint density at radius 2 is 0.522 bits per heavy atom. The molecule has 4 heterocycles. The van der Waals surface area contributed by atoms with Crippen LogP contribution in [0.2, 0.25) is 0 Å². The number of amides is 2. The Kier molecular flexibility index (Phi) is 17.7. The maximum absolute atomic E-state index is 14.1. The molecule has 0 aromatic carbocycles. The molecule has 0 bridgehead atoms. The van der Waals surface area contributed by atoms with Gasteiger partial charge in [0.25, 0.3) is 0 Å². The first-order chi connectivity index (χ1) is 31.2. The van der Waals surface area contributed by atoms with E-state index in [1.807, 2.05) is 0 Å².